The Kier molecular flexibility index (Phi) is 7.49. The highest BCUT2D eigenvalue weighted by Crippen LogP contribution is 2.18. The number of hydrogen-bond acceptors (Lipinski definition) is 1. The molecule has 0 bridgehead atoms. The van der Waals surface area contributed by atoms with Crippen molar-refractivity contribution in [3.63, 3.8) is 0 Å². The highest BCUT2D eigenvalue weighted by atomic mass is 16.1. The lowest BCUT2D eigenvalue weighted by atomic mass is 9.92. The summed E-state index contributed by atoms with van der Waals surface area (Å²) in [5.74, 6) is 2.14. The second kappa shape index (κ2) is 8.86. The zero-order chi connectivity index (χ0) is 15.8. The summed E-state index contributed by atoms with van der Waals surface area (Å²) in [5.41, 5.74) is 2.26. The maximum Gasteiger partial charge on any atom is 0.224 e. The molecule has 1 aromatic carbocycles. The summed E-state index contributed by atoms with van der Waals surface area (Å²) < 4.78 is 0. The summed E-state index contributed by atoms with van der Waals surface area (Å²) in [4.78, 5) is 11.8. The van der Waals surface area contributed by atoms with Crippen LogP contribution in [0.25, 0.3) is 0 Å². The smallest absolute Gasteiger partial charge is 0.224 e. The fourth-order valence-electron chi connectivity index (χ4n) is 2.66. The van der Waals surface area contributed by atoms with Gasteiger partial charge in [-0.3, -0.25) is 4.79 Å². The third-order valence-electron chi connectivity index (χ3n) is 3.64. The number of carbonyl (C=O) groups is 1. The third-order valence-corrected chi connectivity index (χ3v) is 3.64. The molecular weight excluding hydrogens is 258 g/mol. The predicted molar refractivity (Wildman–Crippen MR) is 91.5 cm³/mol. The minimum Gasteiger partial charge on any atom is -0.326 e. The maximum atomic E-state index is 11.8. The van der Waals surface area contributed by atoms with Crippen molar-refractivity contribution >= 4 is 11.6 Å². The Hall–Kier alpha value is -1.31. The van der Waals surface area contributed by atoms with Gasteiger partial charge in [-0.15, -0.1) is 0 Å². The van der Waals surface area contributed by atoms with E-state index in [-0.39, 0.29) is 5.91 Å². The van der Waals surface area contributed by atoms with E-state index in [0.717, 1.165) is 24.4 Å². The minimum absolute atomic E-state index is 0.115. The van der Waals surface area contributed by atoms with Crippen LogP contribution in [0, 0.1) is 17.8 Å². The molecule has 1 rings (SSSR count). The Balaban J connectivity index is 2.44. The topological polar surface area (TPSA) is 29.1 Å². The van der Waals surface area contributed by atoms with Crippen molar-refractivity contribution in [3.05, 3.63) is 29.8 Å². The first-order chi connectivity index (χ1) is 9.86. The molecule has 1 atom stereocenters. The van der Waals surface area contributed by atoms with E-state index in [0.29, 0.717) is 18.3 Å². The summed E-state index contributed by atoms with van der Waals surface area (Å²) in [6.07, 6.45) is 3.91. The van der Waals surface area contributed by atoms with E-state index in [1.54, 1.807) is 0 Å². The van der Waals surface area contributed by atoms with Crippen LogP contribution in [-0.2, 0) is 11.2 Å². The van der Waals surface area contributed by atoms with E-state index >= 15 is 0 Å². The van der Waals surface area contributed by atoms with Crippen molar-refractivity contribution in [1.29, 1.82) is 0 Å². The maximum absolute atomic E-state index is 11.8. The largest absolute Gasteiger partial charge is 0.326 e. The Labute approximate surface area is 130 Å². The zero-order valence-electron chi connectivity index (χ0n) is 14.3. The van der Waals surface area contributed by atoms with Gasteiger partial charge in [0, 0.05) is 12.1 Å². The first-order valence-corrected chi connectivity index (χ1v) is 8.25. The monoisotopic (exact) mass is 289 g/mol. The van der Waals surface area contributed by atoms with Crippen LogP contribution in [0.4, 0.5) is 5.69 Å². The lowest BCUT2D eigenvalue weighted by Gasteiger charge is -2.14. The predicted octanol–water partition coefficient (Wildman–Crippen LogP) is 5.29. The number of benzene rings is 1. The van der Waals surface area contributed by atoms with E-state index in [2.05, 4.69) is 52.1 Å². The molecule has 2 heteroatoms. The fraction of sp³-hybridized carbons (Fsp3) is 0.632. The number of rotatable bonds is 8. The summed E-state index contributed by atoms with van der Waals surface area (Å²) in [5, 5.41) is 2.97. The second-order valence-corrected chi connectivity index (χ2v) is 7.12. The van der Waals surface area contributed by atoms with E-state index < -0.39 is 0 Å². The van der Waals surface area contributed by atoms with Gasteiger partial charge in [0.25, 0.3) is 0 Å². The van der Waals surface area contributed by atoms with Crippen LogP contribution in [0.3, 0.4) is 0 Å². The highest BCUT2D eigenvalue weighted by Gasteiger charge is 2.07. The van der Waals surface area contributed by atoms with E-state index in [1.165, 1.54) is 12.0 Å². The standard InChI is InChI=1S/C19H31NO/c1-14(2)6-11-19(21)20-18-9-7-17(8-10-18)13-16(5)12-15(3)4/h7-10,14-16H,6,11-13H2,1-5H3,(H,20,21)/t16-/m0/s1. The molecule has 2 nitrogen and oxygen atoms in total. The van der Waals surface area contributed by atoms with Gasteiger partial charge in [0.2, 0.25) is 5.91 Å². The Morgan fingerprint density at radius 1 is 1.00 bits per heavy atom. The summed E-state index contributed by atoms with van der Waals surface area (Å²) in [7, 11) is 0. The quantitative estimate of drug-likeness (QED) is 0.692. The van der Waals surface area contributed by atoms with Gasteiger partial charge in [-0.1, -0.05) is 46.8 Å². The van der Waals surface area contributed by atoms with E-state index in [9.17, 15) is 4.79 Å². The van der Waals surface area contributed by atoms with Crippen molar-refractivity contribution in [2.45, 2.75) is 60.3 Å². The van der Waals surface area contributed by atoms with E-state index in [1.807, 2.05) is 12.1 Å². The van der Waals surface area contributed by atoms with Crippen molar-refractivity contribution in [2.24, 2.45) is 17.8 Å². The molecule has 0 aliphatic carbocycles. The van der Waals surface area contributed by atoms with Crippen LogP contribution in [0.5, 0.6) is 0 Å². The molecule has 118 valence electrons. The number of nitrogens with one attached hydrogen (secondary N) is 1. The Morgan fingerprint density at radius 3 is 2.14 bits per heavy atom. The molecule has 21 heavy (non-hydrogen) atoms. The number of carbonyl (C=O) groups excluding carboxylic acids is 1. The Morgan fingerprint density at radius 2 is 1.62 bits per heavy atom. The number of amides is 1. The fourth-order valence-corrected chi connectivity index (χ4v) is 2.66. The van der Waals surface area contributed by atoms with Crippen LogP contribution in [-0.4, -0.2) is 5.91 Å². The zero-order valence-corrected chi connectivity index (χ0v) is 14.3. The molecule has 0 spiro atoms. The van der Waals surface area contributed by atoms with Gasteiger partial charge in [0.1, 0.15) is 0 Å². The van der Waals surface area contributed by atoms with Gasteiger partial charge in [-0.05, 0) is 54.7 Å². The van der Waals surface area contributed by atoms with Gasteiger partial charge in [-0.25, -0.2) is 0 Å². The first-order valence-electron chi connectivity index (χ1n) is 8.25. The minimum atomic E-state index is 0.115. The van der Waals surface area contributed by atoms with Crippen LogP contribution in [0.1, 0.15) is 59.4 Å². The molecule has 1 N–H and O–H groups in total. The van der Waals surface area contributed by atoms with Crippen LogP contribution in [0.2, 0.25) is 0 Å². The molecule has 0 aliphatic rings. The molecule has 0 aromatic heterocycles. The highest BCUT2D eigenvalue weighted by molar-refractivity contribution is 5.90. The van der Waals surface area contributed by atoms with Crippen LogP contribution >= 0.6 is 0 Å². The van der Waals surface area contributed by atoms with Gasteiger partial charge in [0.15, 0.2) is 0 Å². The molecule has 0 fully saturated rings. The summed E-state index contributed by atoms with van der Waals surface area (Å²) in [6.45, 7) is 11.1. The lowest BCUT2D eigenvalue weighted by molar-refractivity contribution is -0.116. The van der Waals surface area contributed by atoms with E-state index in [4.69, 9.17) is 0 Å². The third kappa shape index (κ3) is 7.89. The number of hydrogen-bond donors (Lipinski definition) is 1. The van der Waals surface area contributed by atoms with Gasteiger partial charge < -0.3 is 5.32 Å². The molecule has 1 aromatic rings. The molecule has 0 saturated carbocycles. The Bertz CT molecular complexity index is 420. The summed E-state index contributed by atoms with van der Waals surface area (Å²) >= 11 is 0. The van der Waals surface area contributed by atoms with Crippen LogP contribution < -0.4 is 5.32 Å². The van der Waals surface area contributed by atoms with Crippen molar-refractivity contribution < 1.29 is 4.79 Å². The molecule has 0 unspecified atom stereocenters. The number of anilines is 1. The average Bonchev–Trinajstić information content (AvgIpc) is 2.37. The molecule has 0 radical (unpaired) electrons. The van der Waals surface area contributed by atoms with Gasteiger partial charge >= 0.3 is 0 Å². The molecule has 0 heterocycles. The van der Waals surface area contributed by atoms with Gasteiger partial charge in [0.05, 0.1) is 0 Å². The lowest BCUT2D eigenvalue weighted by Crippen LogP contribution is -2.12. The second-order valence-electron chi connectivity index (χ2n) is 7.12. The average molecular weight is 289 g/mol. The molecule has 1 amide bonds. The van der Waals surface area contributed by atoms with Crippen molar-refractivity contribution in [2.75, 3.05) is 5.32 Å². The normalized spacial score (nSPS) is 12.7. The molecule has 0 saturated heterocycles. The van der Waals surface area contributed by atoms with Gasteiger partial charge in [-0.2, -0.15) is 0 Å². The SMILES string of the molecule is CC(C)CCC(=O)Nc1ccc(C[C@@H](C)CC(C)C)cc1. The first kappa shape index (κ1) is 17.7. The molecular formula is C19H31NO. The van der Waals surface area contributed by atoms with Crippen molar-refractivity contribution in [1.82, 2.24) is 0 Å². The van der Waals surface area contributed by atoms with Crippen molar-refractivity contribution in [3.8, 4) is 0 Å². The van der Waals surface area contributed by atoms with Crippen LogP contribution in [0.15, 0.2) is 24.3 Å². The molecule has 0 aliphatic heterocycles. The summed E-state index contributed by atoms with van der Waals surface area (Å²) in [6, 6.07) is 8.30.